The molecule has 0 bridgehead atoms. The van der Waals surface area contributed by atoms with E-state index in [-0.39, 0.29) is 0 Å². The lowest BCUT2D eigenvalue weighted by molar-refractivity contribution is 1.42. The zero-order chi connectivity index (χ0) is 18.2. The van der Waals surface area contributed by atoms with Crippen LogP contribution < -0.4 is 10.6 Å². The monoisotopic (exact) mass is 328 g/mol. The second kappa shape index (κ2) is 8.55. The molecule has 0 saturated heterocycles. The van der Waals surface area contributed by atoms with Crippen LogP contribution in [-0.4, -0.2) is 0 Å². The first-order chi connectivity index (χ1) is 12.0. The molecular formula is C23H24N2. The van der Waals surface area contributed by atoms with E-state index in [9.17, 15) is 0 Å². The average Bonchev–Trinajstić information content (AvgIpc) is 2.61. The van der Waals surface area contributed by atoms with Gasteiger partial charge in [0.1, 0.15) is 0 Å². The van der Waals surface area contributed by atoms with Gasteiger partial charge in [-0.25, -0.2) is 0 Å². The molecule has 0 saturated carbocycles. The van der Waals surface area contributed by atoms with E-state index in [0.29, 0.717) is 0 Å². The van der Waals surface area contributed by atoms with E-state index in [1.807, 2.05) is 37.3 Å². The van der Waals surface area contributed by atoms with Gasteiger partial charge < -0.3 is 10.6 Å². The van der Waals surface area contributed by atoms with Crippen LogP contribution in [0.3, 0.4) is 0 Å². The van der Waals surface area contributed by atoms with E-state index < -0.39 is 0 Å². The van der Waals surface area contributed by atoms with Crippen LogP contribution in [0.5, 0.6) is 0 Å². The van der Waals surface area contributed by atoms with Gasteiger partial charge in [0.2, 0.25) is 0 Å². The van der Waals surface area contributed by atoms with Crippen LogP contribution in [0.25, 0.3) is 5.57 Å². The van der Waals surface area contributed by atoms with Crippen molar-refractivity contribution in [2.45, 2.75) is 6.92 Å². The molecule has 2 nitrogen and oxygen atoms in total. The van der Waals surface area contributed by atoms with Gasteiger partial charge in [-0.3, -0.25) is 0 Å². The molecule has 126 valence electrons. The molecule has 2 rings (SSSR count). The average molecular weight is 328 g/mol. The first-order valence-corrected chi connectivity index (χ1v) is 8.08. The van der Waals surface area contributed by atoms with Crippen LogP contribution in [0, 0.1) is 0 Å². The van der Waals surface area contributed by atoms with Crippen molar-refractivity contribution in [3.63, 3.8) is 0 Å². The molecule has 0 unspecified atom stereocenters. The van der Waals surface area contributed by atoms with E-state index in [0.717, 1.165) is 39.5 Å². The summed E-state index contributed by atoms with van der Waals surface area (Å²) in [4.78, 5) is 0. The third-order valence-corrected chi connectivity index (χ3v) is 3.71. The molecule has 2 aromatic carbocycles. The van der Waals surface area contributed by atoms with Gasteiger partial charge in [0.05, 0.1) is 0 Å². The van der Waals surface area contributed by atoms with Crippen molar-refractivity contribution in [3.05, 3.63) is 110 Å². The molecule has 2 aromatic rings. The highest BCUT2D eigenvalue weighted by Gasteiger charge is 2.01. The van der Waals surface area contributed by atoms with Crippen molar-refractivity contribution in [1.29, 1.82) is 0 Å². The van der Waals surface area contributed by atoms with Crippen molar-refractivity contribution in [1.82, 2.24) is 0 Å². The smallest absolute Gasteiger partial charge is 0.0385 e. The molecule has 25 heavy (non-hydrogen) atoms. The Balaban J connectivity index is 2.03. The van der Waals surface area contributed by atoms with Crippen molar-refractivity contribution in [2.75, 3.05) is 10.6 Å². The van der Waals surface area contributed by atoms with Gasteiger partial charge in [0.25, 0.3) is 0 Å². The summed E-state index contributed by atoms with van der Waals surface area (Å²) >= 11 is 0. The number of benzene rings is 2. The fraction of sp³-hybridized carbons (Fsp3) is 0.0435. The molecule has 0 fully saturated rings. The Bertz CT molecular complexity index is 806. The normalized spacial score (nSPS) is 10.7. The third kappa shape index (κ3) is 5.11. The zero-order valence-corrected chi connectivity index (χ0v) is 14.7. The fourth-order valence-corrected chi connectivity index (χ4v) is 2.31. The van der Waals surface area contributed by atoms with Gasteiger partial charge in [0, 0.05) is 22.8 Å². The predicted molar refractivity (Wildman–Crippen MR) is 112 cm³/mol. The molecule has 2 heteroatoms. The quantitative estimate of drug-likeness (QED) is 0.528. The van der Waals surface area contributed by atoms with Gasteiger partial charge in [-0.15, -0.1) is 0 Å². The molecule has 0 aliphatic rings. The van der Waals surface area contributed by atoms with Crippen molar-refractivity contribution in [3.8, 4) is 0 Å². The highest BCUT2D eigenvalue weighted by Crippen LogP contribution is 2.22. The number of allylic oxidation sites excluding steroid dienone is 4. The van der Waals surface area contributed by atoms with Gasteiger partial charge in [-0.1, -0.05) is 62.2 Å². The Morgan fingerprint density at radius 1 is 0.840 bits per heavy atom. The minimum Gasteiger partial charge on any atom is -0.356 e. The molecule has 0 amide bonds. The molecular weight excluding hydrogens is 304 g/mol. The Morgan fingerprint density at radius 3 is 1.84 bits per heavy atom. The van der Waals surface area contributed by atoms with Crippen LogP contribution in [-0.2, 0) is 0 Å². The summed E-state index contributed by atoms with van der Waals surface area (Å²) in [6, 6.07) is 16.3. The van der Waals surface area contributed by atoms with Crippen LogP contribution in [0.2, 0.25) is 0 Å². The lowest BCUT2D eigenvalue weighted by Crippen LogP contribution is -2.00. The highest BCUT2D eigenvalue weighted by molar-refractivity contribution is 5.67. The van der Waals surface area contributed by atoms with E-state index in [1.54, 1.807) is 12.2 Å². The summed E-state index contributed by atoms with van der Waals surface area (Å²) in [6.07, 6.45) is 5.34. The summed E-state index contributed by atoms with van der Waals surface area (Å²) in [7, 11) is 0. The summed E-state index contributed by atoms with van der Waals surface area (Å²) in [5.74, 6) is 0. The largest absolute Gasteiger partial charge is 0.356 e. The summed E-state index contributed by atoms with van der Waals surface area (Å²) in [5, 5.41) is 6.65. The lowest BCUT2D eigenvalue weighted by atomic mass is 10.1. The molecule has 0 atom stereocenters. The van der Waals surface area contributed by atoms with E-state index in [2.05, 4.69) is 61.2 Å². The van der Waals surface area contributed by atoms with Crippen LogP contribution in [0.1, 0.15) is 12.5 Å². The van der Waals surface area contributed by atoms with E-state index in [1.165, 1.54) is 0 Å². The number of hydrogen-bond donors (Lipinski definition) is 2. The first-order valence-electron chi connectivity index (χ1n) is 8.08. The third-order valence-electron chi connectivity index (χ3n) is 3.71. The summed E-state index contributed by atoms with van der Waals surface area (Å²) in [6.45, 7) is 17.5. The SMILES string of the molecule is C=C/C=C(\C=C)C(=C)Nc1ccc(Nc2ccc(C(=C)C)cc2)cc1. The molecule has 0 spiro atoms. The van der Waals surface area contributed by atoms with Crippen LogP contribution >= 0.6 is 0 Å². The summed E-state index contributed by atoms with van der Waals surface area (Å²) < 4.78 is 0. The predicted octanol–water partition coefficient (Wildman–Crippen LogP) is 6.69. The highest BCUT2D eigenvalue weighted by atomic mass is 14.9. The molecule has 0 aromatic heterocycles. The Labute approximate surface area is 150 Å². The topological polar surface area (TPSA) is 24.1 Å². The zero-order valence-electron chi connectivity index (χ0n) is 14.7. The van der Waals surface area contributed by atoms with Crippen LogP contribution in [0.4, 0.5) is 17.1 Å². The van der Waals surface area contributed by atoms with E-state index >= 15 is 0 Å². The molecule has 0 aliphatic heterocycles. The molecule has 0 heterocycles. The lowest BCUT2D eigenvalue weighted by Gasteiger charge is -2.12. The van der Waals surface area contributed by atoms with Gasteiger partial charge in [0.15, 0.2) is 0 Å². The van der Waals surface area contributed by atoms with Gasteiger partial charge >= 0.3 is 0 Å². The number of rotatable bonds is 8. The van der Waals surface area contributed by atoms with Gasteiger partial charge in [-0.2, -0.15) is 0 Å². The standard InChI is InChI=1S/C23H24N2/c1-6-8-19(7-2)18(5)24-21-13-15-23(16-14-21)25-22-11-9-20(10-12-22)17(3)4/h6-16,24-25H,1-3,5H2,4H3/b19-8+. The van der Waals surface area contributed by atoms with Crippen molar-refractivity contribution >= 4 is 22.6 Å². The Kier molecular flexibility index (Phi) is 6.19. The minimum atomic E-state index is 0.783. The molecule has 2 N–H and O–H groups in total. The number of nitrogens with one attached hydrogen (secondary N) is 2. The maximum absolute atomic E-state index is 4.03. The Morgan fingerprint density at radius 2 is 1.36 bits per heavy atom. The molecule has 0 radical (unpaired) electrons. The first kappa shape index (κ1) is 18.1. The van der Waals surface area contributed by atoms with Crippen LogP contribution in [0.15, 0.2) is 104 Å². The van der Waals surface area contributed by atoms with Crippen molar-refractivity contribution < 1.29 is 0 Å². The Hall–Kier alpha value is -3.26. The minimum absolute atomic E-state index is 0.783. The van der Waals surface area contributed by atoms with Gasteiger partial charge in [-0.05, 0) is 54.5 Å². The second-order valence-corrected chi connectivity index (χ2v) is 5.73. The van der Waals surface area contributed by atoms with E-state index in [4.69, 9.17) is 0 Å². The molecule has 0 aliphatic carbocycles. The maximum atomic E-state index is 4.03. The maximum Gasteiger partial charge on any atom is 0.0385 e. The number of anilines is 3. The fourth-order valence-electron chi connectivity index (χ4n) is 2.31. The summed E-state index contributed by atoms with van der Waals surface area (Å²) in [5.41, 5.74) is 6.93. The van der Waals surface area contributed by atoms with Crippen molar-refractivity contribution in [2.24, 2.45) is 0 Å². The number of hydrogen-bond acceptors (Lipinski definition) is 2. The second-order valence-electron chi connectivity index (χ2n) is 5.73.